The van der Waals surface area contributed by atoms with Crippen LogP contribution >= 0.6 is 15.9 Å². The number of ether oxygens (including phenoxy) is 1. The third kappa shape index (κ3) is 3.82. The van der Waals surface area contributed by atoms with Gasteiger partial charge in [0.25, 0.3) is 5.91 Å². The van der Waals surface area contributed by atoms with Gasteiger partial charge in [-0.25, -0.2) is 4.68 Å². The Balaban J connectivity index is 1.72. The highest BCUT2D eigenvalue weighted by molar-refractivity contribution is 9.10. The van der Waals surface area contributed by atoms with Gasteiger partial charge in [-0.1, -0.05) is 15.9 Å². The molecule has 23 heavy (non-hydrogen) atoms. The monoisotopic (exact) mass is 377 g/mol. The molecular formula is C17H20BrN3O2. The second-order valence-electron chi connectivity index (χ2n) is 5.72. The summed E-state index contributed by atoms with van der Waals surface area (Å²) >= 11 is 3.42. The molecular weight excluding hydrogens is 358 g/mol. The molecule has 1 aliphatic rings. The number of benzene rings is 1. The smallest absolute Gasteiger partial charge is 0.257 e. The Morgan fingerprint density at radius 1 is 1.43 bits per heavy atom. The van der Waals surface area contributed by atoms with Gasteiger partial charge in [0.05, 0.1) is 24.1 Å². The molecule has 6 heteroatoms. The van der Waals surface area contributed by atoms with E-state index < -0.39 is 0 Å². The van der Waals surface area contributed by atoms with Gasteiger partial charge in [-0.2, -0.15) is 5.10 Å². The molecule has 0 N–H and O–H groups in total. The Morgan fingerprint density at radius 3 is 2.87 bits per heavy atom. The van der Waals surface area contributed by atoms with Crippen LogP contribution in [0.2, 0.25) is 0 Å². The Morgan fingerprint density at radius 2 is 2.22 bits per heavy atom. The fourth-order valence-electron chi connectivity index (χ4n) is 2.75. The number of carbonyl (C=O) groups excluding carboxylic acids is 1. The molecule has 0 aliphatic carbocycles. The molecule has 0 spiro atoms. The number of nitrogens with zero attached hydrogens (tertiary/aromatic N) is 3. The number of aromatic nitrogens is 2. The topological polar surface area (TPSA) is 47.4 Å². The van der Waals surface area contributed by atoms with E-state index in [1.807, 2.05) is 36.1 Å². The van der Waals surface area contributed by atoms with E-state index in [-0.39, 0.29) is 5.91 Å². The van der Waals surface area contributed by atoms with Crippen LogP contribution in [0.3, 0.4) is 0 Å². The SMILES string of the molecule is CCN(C[C@@H]1CCOC1)C(=O)c1cnn(-c2ccc(Br)cc2)c1. The van der Waals surface area contributed by atoms with Crippen molar-refractivity contribution < 1.29 is 9.53 Å². The average molecular weight is 378 g/mol. The maximum Gasteiger partial charge on any atom is 0.257 e. The van der Waals surface area contributed by atoms with Crippen molar-refractivity contribution in [3.8, 4) is 5.69 Å². The van der Waals surface area contributed by atoms with Crippen LogP contribution in [0.1, 0.15) is 23.7 Å². The van der Waals surface area contributed by atoms with E-state index in [9.17, 15) is 4.79 Å². The number of hydrogen-bond donors (Lipinski definition) is 0. The molecule has 3 rings (SSSR count). The van der Waals surface area contributed by atoms with Gasteiger partial charge in [0.2, 0.25) is 0 Å². The number of halogens is 1. The Bertz CT molecular complexity index is 663. The quantitative estimate of drug-likeness (QED) is 0.803. The molecule has 1 aromatic carbocycles. The van der Waals surface area contributed by atoms with Crippen LogP contribution < -0.4 is 0 Å². The summed E-state index contributed by atoms with van der Waals surface area (Å²) in [4.78, 5) is 14.6. The first kappa shape index (κ1) is 16.2. The van der Waals surface area contributed by atoms with Crippen LogP contribution in [-0.4, -0.2) is 46.9 Å². The van der Waals surface area contributed by atoms with Crippen molar-refractivity contribution >= 4 is 21.8 Å². The van der Waals surface area contributed by atoms with Gasteiger partial charge in [-0.15, -0.1) is 0 Å². The molecule has 122 valence electrons. The van der Waals surface area contributed by atoms with Crippen molar-refractivity contribution in [1.82, 2.24) is 14.7 Å². The van der Waals surface area contributed by atoms with Gasteiger partial charge in [-0.05, 0) is 37.6 Å². The second-order valence-corrected chi connectivity index (χ2v) is 6.64. The minimum atomic E-state index is 0.0303. The van der Waals surface area contributed by atoms with Crippen molar-refractivity contribution in [2.24, 2.45) is 5.92 Å². The molecule has 1 aromatic heterocycles. The molecule has 0 radical (unpaired) electrons. The lowest BCUT2D eigenvalue weighted by atomic mass is 10.1. The van der Waals surface area contributed by atoms with Crippen LogP contribution in [0.25, 0.3) is 5.69 Å². The molecule has 2 heterocycles. The zero-order chi connectivity index (χ0) is 16.2. The fourth-order valence-corrected chi connectivity index (χ4v) is 3.01. The van der Waals surface area contributed by atoms with Crippen LogP contribution in [-0.2, 0) is 4.74 Å². The van der Waals surface area contributed by atoms with E-state index in [1.165, 1.54) is 0 Å². The van der Waals surface area contributed by atoms with Crippen LogP contribution in [0, 0.1) is 5.92 Å². The second kappa shape index (κ2) is 7.27. The van der Waals surface area contributed by atoms with Gasteiger partial charge < -0.3 is 9.64 Å². The van der Waals surface area contributed by atoms with Crippen LogP contribution in [0.5, 0.6) is 0 Å². The summed E-state index contributed by atoms with van der Waals surface area (Å²) in [5.74, 6) is 0.475. The molecule has 1 atom stereocenters. The van der Waals surface area contributed by atoms with Crippen molar-refractivity contribution in [3.63, 3.8) is 0 Å². The molecule has 5 nitrogen and oxygen atoms in total. The highest BCUT2D eigenvalue weighted by Crippen LogP contribution is 2.17. The zero-order valence-corrected chi connectivity index (χ0v) is 14.7. The number of carbonyl (C=O) groups is 1. The molecule has 0 unspecified atom stereocenters. The van der Waals surface area contributed by atoms with Gasteiger partial charge in [0, 0.05) is 36.3 Å². The van der Waals surface area contributed by atoms with E-state index >= 15 is 0 Å². The Hall–Kier alpha value is -1.66. The molecule has 1 amide bonds. The predicted octanol–water partition coefficient (Wildman–Crippen LogP) is 3.13. The molecule has 0 saturated carbocycles. The Labute approximate surface area is 144 Å². The van der Waals surface area contributed by atoms with Crippen molar-refractivity contribution in [1.29, 1.82) is 0 Å². The van der Waals surface area contributed by atoms with Crippen LogP contribution in [0.4, 0.5) is 0 Å². The fraction of sp³-hybridized carbons (Fsp3) is 0.412. The van der Waals surface area contributed by atoms with Crippen molar-refractivity contribution in [3.05, 3.63) is 46.7 Å². The maximum atomic E-state index is 12.7. The lowest BCUT2D eigenvalue weighted by Gasteiger charge is -2.23. The first-order valence-electron chi connectivity index (χ1n) is 7.85. The highest BCUT2D eigenvalue weighted by atomic mass is 79.9. The van der Waals surface area contributed by atoms with E-state index in [4.69, 9.17) is 4.74 Å². The van der Waals surface area contributed by atoms with E-state index in [0.717, 1.165) is 36.3 Å². The summed E-state index contributed by atoms with van der Waals surface area (Å²) in [5, 5.41) is 4.31. The van der Waals surface area contributed by atoms with E-state index in [1.54, 1.807) is 17.1 Å². The summed E-state index contributed by atoms with van der Waals surface area (Å²) < 4.78 is 8.14. The summed E-state index contributed by atoms with van der Waals surface area (Å²) in [5.41, 5.74) is 1.55. The van der Waals surface area contributed by atoms with Gasteiger partial charge in [0.1, 0.15) is 0 Å². The largest absolute Gasteiger partial charge is 0.381 e. The summed E-state index contributed by atoms with van der Waals surface area (Å²) in [6, 6.07) is 7.82. The summed E-state index contributed by atoms with van der Waals surface area (Å²) in [7, 11) is 0. The van der Waals surface area contributed by atoms with E-state index in [0.29, 0.717) is 18.0 Å². The first-order chi connectivity index (χ1) is 11.2. The van der Waals surface area contributed by atoms with Crippen LogP contribution in [0.15, 0.2) is 41.1 Å². The van der Waals surface area contributed by atoms with Crippen molar-refractivity contribution in [2.75, 3.05) is 26.3 Å². The lowest BCUT2D eigenvalue weighted by molar-refractivity contribution is 0.0731. The predicted molar refractivity (Wildman–Crippen MR) is 91.8 cm³/mol. The van der Waals surface area contributed by atoms with Crippen molar-refractivity contribution in [2.45, 2.75) is 13.3 Å². The summed E-state index contributed by atoms with van der Waals surface area (Å²) in [6.07, 6.45) is 4.46. The minimum Gasteiger partial charge on any atom is -0.381 e. The van der Waals surface area contributed by atoms with Gasteiger partial charge in [0.15, 0.2) is 0 Å². The number of amides is 1. The molecule has 0 bridgehead atoms. The third-order valence-electron chi connectivity index (χ3n) is 4.09. The zero-order valence-electron chi connectivity index (χ0n) is 13.1. The lowest BCUT2D eigenvalue weighted by Crippen LogP contribution is -2.35. The van der Waals surface area contributed by atoms with Gasteiger partial charge in [-0.3, -0.25) is 4.79 Å². The summed E-state index contributed by atoms with van der Waals surface area (Å²) in [6.45, 7) is 5.00. The molecule has 2 aromatic rings. The standard InChI is InChI=1S/C17H20BrN3O2/c1-2-20(10-13-7-8-23-12-13)17(22)14-9-19-21(11-14)16-5-3-15(18)4-6-16/h3-6,9,11,13H,2,7-8,10,12H2,1H3/t13-/m0/s1. The average Bonchev–Trinajstić information content (AvgIpc) is 3.24. The molecule has 1 saturated heterocycles. The maximum absolute atomic E-state index is 12.7. The number of hydrogen-bond acceptors (Lipinski definition) is 3. The molecule has 1 aliphatic heterocycles. The Kier molecular flexibility index (Phi) is 5.13. The number of rotatable bonds is 5. The normalized spacial score (nSPS) is 17.4. The molecule has 1 fully saturated rings. The first-order valence-corrected chi connectivity index (χ1v) is 8.64. The third-order valence-corrected chi connectivity index (χ3v) is 4.62. The van der Waals surface area contributed by atoms with E-state index in [2.05, 4.69) is 21.0 Å². The highest BCUT2D eigenvalue weighted by Gasteiger charge is 2.23. The van der Waals surface area contributed by atoms with Gasteiger partial charge >= 0.3 is 0 Å². The minimum absolute atomic E-state index is 0.0303.